The Morgan fingerprint density at radius 3 is 2.79 bits per heavy atom. The number of amides is 1. The molecule has 1 unspecified atom stereocenters. The Balaban J connectivity index is 2.41. The van der Waals surface area contributed by atoms with E-state index in [-0.39, 0.29) is 11.8 Å². The monoisotopic (exact) mass is 267 g/mol. The number of carboxylic acid groups (broad SMARTS) is 1. The Bertz CT molecular complexity index is 454. The fraction of sp³-hybridized carbons (Fsp3) is 0.615. The smallest absolute Gasteiger partial charge is 0.306 e. The van der Waals surface area contributed by atoms with Crippen LogP contribution in [-0.2, 0) is 11.3 Å². The lowest BCUT2D eigenvalue weighted by Crippen LogP contribution is -2.27. The highest BCUT2D eigenvalue weighted by atomic mass is 16.4. The summed E-state index contributed by atoms with van der Waals surface area (Å²) in [6.45, 7) is 6.56. The van der Waals surface area contributed by atoms with Crippen LogP contribution in [0.15, 0.2) is 6.07 Å². The maximum Gasteiger partial charge on any atom is 0.306 e. The molecule has 0 radical (unpaired) electrons. The average Bonchev–Trinajstić information content (AvgIpc) is 2.75. The van der Waals surface area contributed by atoms with E-state index in [1.807, 2.05) is 13.8 Å². The van der Waals surface area contributed by atoms with E-state index >= 15 is 0 Å². The summed E-state index contributed by atoms with van der Waals surface area (Å²) < 4.78 is 1.66. The Morgan fingerprint density at radius 1 is 1.53 bits per heavy atom. The largest absolute Gasteiger partial charge is 0.481 e. The number of carbonyl (C=O) groups is 2. The summed E-state index contributed by atoms with van der Waals surface area (Å²) >= 11 is 0. The van der Waals surface area contributed by atoms with Crippen LogP contribution in [0.1, 0.15) is 42.9 Å². The molecule has 0 aliphatic carbocycles. The number of aliphatic carboxylic acids is 1. The van der Waals surface area contributed by atoms with Crippen molar-refractivity contribution in [1.29, 1.82) is 0 Å². The van der Waals surface area contributed by atoms with E-state index in [1.165, 1.54) is 0 Å². The van der Waals surface area contributed by atoms with Gasteiger partial charge < -0.3 is 10.4 Å². The fourth-order valence-electron chi connectivity index (χ4n) is 1.79. The Hall–Kier alpha value is -1.85. The maximum absolute atomic E-state index is 11.9. The van der Waals surface area contributed by atoms with Gasteiger partial charge >= 0.3 is 5.97 Å². The van der Waals surface area contributed by atoms with Gasteiger partial charge in [0.15, 0.2) is 0 Å². The van der Waals surface area contributed by atoms with Crippen molar-refractivity contribution in [1.82, 2.24) is 15.1 Å². The molecule has 6 nitrogen and oxygen atoms in total. The molecular weight excluding hydrogens is 246 g/mol. The van der Waals surface area contributed by atoms with Gasteiger partial charge in [0.2, 0.25) is 0 Å². The summed E-state index contributed by atoms with van der Waals surface area (Å²) in [5, 5.41) is 15.7. The summed E-state index contributed by atoms with van der Waals surface area (Å²) in [7, 11) is 0. The maximum atomic E-state index is 11.9. The number of nitrogens with zero attached hydrogens (tertiary/aromatic N) is 2. The number of carbonyl (C=O) groups excluding carboxylic acids is 1. The molecule has 1 aromatic heterocycles. The van der Waals surface area contributed by atoms with Crippen LogP contribution in [0.3, 0.4) is 0 Å². The first-order valence-electron chi connectivity index (χ1n) is 6.51. The third-order valence-corrected chi connectivity index (χ3v) is 2.96. The van der Waals surface area contributed by atoms with Gasteiger partial charge in [0.25, 0.3) is 5.91 Å². The van der Waals surface area contributed by atoms with Crippen LogP contribution in [0, 0.1) is 12.8 Å². The molecular formula is C13H21N3O3. The molecule has 2 N–H and O–H groups in total. The summed E-state index contributed by atoms with van der Waals surface area (Å²) in [4.78, 5) is 22.6. The molecule has 0 saturated carbocycles. The standard InChI is InChI=1S/C13H21N3O3/c1-4-16-11(8-10(3)15-16)12(17)14-7-5-6-9(2)13(18)19/h8-9H,4-7H2,1-3H3,(H,14,17)(H,18,19). The van der Waals surface area contributed by atoms with Gasteiger partial charge in [-0.05, 0) is 32.8 Å². The highest BCUT2D eigenvalue weighted by Gasteiger charge is 2.13. The summed E-state index contributed by atoms with van der Waals surface area (Å²) in [6.07, 6.45) is 1.21. The van der Waals surface area contributed by atoms with Crippen LogP contribution in [0.4, 0.5) is 0 Å². The van der Waals surface area contributed by atoms with Crippen LogP contribution in [0.2, 0.25) is 0 Å². The molecule has 106 valence electrons. The molecule has 1 amide bonds. The van der Waals surface area contributed by atoms with Gasteiger partial charge in [0.05, 0.1) is 11.6 Å². The lowest BCUT2D eigenvalue weighted by Gasteiger charge is -2.08. The predicted octanol–water partition coefficient (Wildman–Crippen LogP) is 1.44. The molecule has 0 saturated heterocycles. The molecule has 0 bridgehead atoms. The van der Waals surface area contributed by atoms with Gasteiger partial charge in [-0.1, -0.05) is 6.92 Å². The third-order valence-electron chi connectivity index (χ3n) is 2.96. The zero-order valence-electron chi connectivity index (χ0n) is 11.6. The Morgan fingerprint density at radius 2 is 2.21 bits per heavy atom. The zero-order chi connectivity index (χ0) is 14.4. The minimum Gasteiger partial charge on any atom is -0.481 e. The summed E-state index contributed by atoms with van der Waals surface area (Å²) in [6, 6.07) is 1.75. The molecule has 0 aliphatic rings. The van der Waals surface area contributed by atoms with Gasteiger partial charge in [-0.3, -0.25) is 14.3 Å². The number of rotatable bonds is 7. The highest BCUT2D eigenvalue weighted by Crippen LogP contribution is 2.06. The van der Waals surface area contributed by atoms with Gasteiger partial charge in [-0.2, -0.15) is 5.10 Å². The van der Waals surface area contributed by atoms with E-state index in [0.29, 0.717) is 31.6 Å². The van der Waals surface area contributed by atoms with Crippen molar-refractivity contribution in [3.8, 4) is 0 Å². The second-order valence-corrected chi connectivity index (χ2v) is 4.62. The van der Waals surface area contributed by atoms with Crippen LogP contribution >= 0.6 is 0 Å². The fourth-order valence-corrected chi connectivity index (χ4v) is 1.79. The normalized spacial score (nSPS) is 12.2. The number of hydrogen-bond acceptors (Lipinski definition) is 3. The van der Waals surface area contributed by atoms with E-state index in [4.69, 9.17) is 5.11 Å². The first kappa shape index (κ1) is 15.2. The molecule has 0 aliphatic heterocycles. The molecule has 1 rings (SSSR count). The average molecular weight is 267 g/mol. The third kappa shape index (κ3) is 4.39. The molecule has 19 heavy (non-hydrogen) atoms. The van der Waals surface area contributed by atoms with Crippen molar-refractivity contribution in [3.05, 3.63) is 17.5 Å². The molecule has 0 fully saturated rings. The van der Waals surface area contributed by atoms with E-state index in [1.54, 1.807) is 17.7 Å². The second-order valence-electron chi connectivity index (χ2n) is 4.62. The van der Waals surface area contributed by atoms with Crippen LogP contribution in [0.25, 0.3) is 0 Å². The van der Waals surface area contributed by atoms with Gasteiger partial charge in [0.1, 0.15) is 5.69 Å². The number of nitrogens with one attached hydrogen (secondary N) is 1. The van der Waals surface area contributed by atoms with Crippen LogP contribution in [-0.4, -0.2) is 33.3 Å². The van der Waals surface area contributed by atoms with Crippen molar-refractivity contribution < 1.29 is 14.7 Å². The molecule has 1 atom stereocenters. The Kier molecular flexibility index (Phi) is 5.54. The highest BCUT2D eigenvalue weighted by molar-refractivity contribution is 5.92. The molecule has 0 aromatic carbocycles. The minimum absolute atomic E-state index is 0.162. The number of aromatic nitrogens is 2. The summed E-state index contributed by atoms with van der Waals surface area (Å²) in [5.41, 5.74) is 1.36. The van der Waals surface area contributed by atoms with Crippen molar-refractivity contribution in [2.75, 3.05) is 6.54 Å². The molecule has 1 aromatic rings. The molecule has 1 heterocycles. The van der Waals surface area contributed by atoms with Crippen LogP contribution in [0.5, 0.6) is 0 Å². The van der Waals surface area contributed by atoms with E-state index in [0.717, 1.165) is 5.69 Å². The van der Waals surface area contributed by atoms with Gasteiger partial charge in [0, 0.05) is 13.1 Å². The van der Waals surface area contributed by atoms with E-state index in [9.17, 15) is 9.59 Å². The van der Waals surface area contributed by atoms with Gasteiger partial charge in [-0.15, -0.1) is 0 Å². The van der Waals surface area contributed by atoms with Crippen molar-refractivity contribution >= 4 is 11.9 Å². The lowest BCUT2D eigenvalue weighted by atomic mass is 10.1. The van der Waals surface area contributed by atoms with Crippen molar-refractivity contribution in [2.45, 2.75) is 40.2 Å². The summed E-state index contributed by atoms with van der Waals surface area (Å²) in [5.74, 6) is -1.34. The second kappa shape index (κ2) is 6.92. The molecule has 0 spiro atoms. The van der Waals surface area contributed by atoms with Gasteiger partial charge in [-0.25, -0.2) is 0 Å². The Labute approximate surface area is 112 Å². The van der Waals surface area contributed by atoms with Crippen molar-refractivity contribution in [2.24, 2.45) is 5.92 Å². The van der Waals surface area contributed by atoms with Crippen LogP contribution < -0.4 is 5.32 Å². The topological polar surface area (TPSA) is 84.2 Å². The predicted molar refractivity (Wildman–Crippen MR) is 71.0 cm³/mol. The van der Waals surface area contributed by atoms with Crippen molar-refractivity contribution in [3.63, 3.8) is 0 Å². The number of aryl methyl sites for hydroxylation is 2. The minimum atomic E-state index is -0.800. The first-order valence-corrected chi connectivity index (χ1v) is 6.51. The number of carboxylic acids is 1. The zero-order valence-corrected chi connectivity index (χ0v) is 11.6. The molecule has 6 heteroatoms. The SMILES string of the molecule is CCn1nc(C)cc1C(=O)NCCCC(C)C(=O)O. The van der Waals surface area contributed by atoms with E-state index in [2.05, 4.69) is 10.4 Å². The lowest BCUT2D eigenvalue weighted by molar-refractivity contribution is -0.141. The number of hydrogen-bond donors (Lipinski definition) is 2. The first-order chi connectivity index (χ1) is 8.95. The quantitative estimate of drug-likeness (QED) is 0.732. The van der Waals surface area contributed by atoms with E-state index < -0.39 is 5.97 Å².